The summed E-state index contributed by atoms with van der Waals surface area (Å²) in [6.07, 6.45) is 0. The molecule has 0 spiro atoms. The number of ketones is 1. The molecule has 2 heterocycles. The van der Waals surface area contributed by atoms with Crippen LogP contribution in [-0.2, 0) is 11.3 Å². The van der Waals surface area contributed by atoms with Crippen molar-refractivity contribution in [2.24, 2.45) is 5.92 Å². The van der Waals surface area contributed by atoms with Crippen molar-refractivity contribution in [3.63, 3.8) is 0 Å². The highest BCUT2D eigenvalue weighted by molar-refractivity contribution is 7.99. The lowest BCUT2D eigenvalue weighted by Crippen LogP contribution is -2.14. The van der Waals surface area contributed by atoms with Crippen LogP contribution in [0.3, 0.4) is 0 Å². The molecule has 0 fully saturated rings. The predicted octanol–water partition coefficient (Wildman–Crippen LogP) is 3.42. The first-order chi connectivity index (χ1) is 13.1. The van der Waals surface area contributed by atoms with Gasteiger partial charge in [0.05, 0.1) is 17.5 Å². The predicted molar refractivity (Wildman–Crippen MR) is 104 cm³/mol. The Bertz CT molecular complexity index is 944. The van der Waals surface area contributed by atoms with E-state index in [0.717, 1.165) is 11.3 Å². The van der Waals surface area contributed by atoms with E-state index in [1.807, 2.05) is 35.7 Å². The molecule has 0 radical (unpaired) electrons. The lowest BCUT2D eigenvalue weighted by molar-refractivity contribution is -0.116. The highest BCUT2D eigenvalue weighted by atomic mass is 32.2. The molecule has 0 saturated carbocycles. The number of carbonyl (C=O) groups is 1. The maximum Gasteiger partial charge on any atom is 0.209 e. The molecule has 27 heavy (non-hydrogen) atoms. The van der Waals surface area contributed by atoms with Crippen LogP contribution in [0.5, 0.6) is 0 Å². The first kappa shape index (κ1) is 19.2. The molecule has 3 rings (SSSR count). The van der Waals surface area contributed by atoms with Crippen LogP contribution in [-0.4, -0.2) is 36.7 Å². The first-order valence-electron chi connectivity index (χ1n) is 8.40. The Labute approximate surface area is 165 Å². The molecule has 0 bridgehead atoms. The molecule has 0 saturated heterocycles. The molecule has 7 nitrogen and oxygen atoms in total. The minimum atomic E-state index is -0.880. The number of carbonyl (C=O) groups excluding carboxylic acids is 1. The highest BCUT2D eigenvalue weighted by Gasteiger charge is 2.24. The number of hydrogen-bond acceptors (Lipinski definition) is 8. The van der Waals surface area contributed by atoms with Crippen LogP contribution in [0.25, 0.3) is 11.3 Å². The zero-order chi connectivity index (χ0) is 19.2. The summed E-state index contributed by atoms with van der Waals surface area (Å²) in [5, 5.41) is 24.0. The van der Waals surface area contributed by atoms with Gasteiger partial charge in [-0.25, -0.2) is 9.67 Å². The van der Waals surface area contributed by atoms with E-state index in [0.29, 0.717) is 22.6 Å². The van der Waals surface area contributed by atoms with Crippen LogP contribution in [0.4, 0.5) is 0 Å². The van der Waals surface area contributed by atoms with Gasteiger partial charge in [-0.05, 0) is 16.3 Å². The van der Waals surface area contributed by atoms with Crippen LogP contribution < -0.4 is 0 Å². The largest absolute Gasteiger partial charge is 0.297 e. The van der Waals surface area contributed by atoms with Gasteiger partial charge in [0.15, 0.2) is 11.7 Å². The van der Waals surface area contributed by atoms with Gasteiger partial charge >= 0.3 is 0 Å². The smallest absolute Gasteiger partial charge is 0.209 e. The van der Waals surface area contributed by atoms with Crippen molar-refractivity contribution in [1.29, 1.82) is 5.26 Å². The number of thiazole rings is 1. The molecule has 1 aromatic carbocycles. The summed E-state index contributed by atoms with van der Waals surface area (Å²) in [7, 11) is 0. The van der Waals surface area contributed by atoms with Crippen molar-refractivity contribution in [1.82, 2.24) is 25.2 Å². The molecule has 1 unspecified atom stereocenters. The summed E-state index contributed by atoms with van der Waals surface area (Å²) in [5.41, 5.74) is 1.74. The van der Waals surface area contributed by atoms with Gasteiger partial charge < -0.3 is 0 Å². The summed E-state index contributed by atoms with van der Waals surface area (Å²) in [5.74, 6) is -0.566. The average molecular weight is 399 g/mol. The van der Waals surface area contributed by atoms with Gasteiger partial charge in [0, 0.05) is 17.5 Å². The van der Waals surface area contributed by atoms with E-state index in [1.165, 1.54) is 23.1 Å². The third kappa shape index (κ3) is 4.78. The van der Waals surface area contributed by atoms with Crippen molar-refractivity contribution in [2.45, 2.75) is 31.5 Å². The van der Waals surface area contributed by atoms with E-state index in [4.69, 9.17) is 0 Å². The Morgan fingerprint density at radius 3 is 2.81 bits per heavy atom. The van der Waals surface area contributed by atoms with Crippen LogP contribution >= 0.6 is 23.1 Å². The van der Waals surface area contributed by atoms with E-state index in [-0.39, 0.29) is 11.5 Å². The van der Waals surface area contributed by atoms with E-state index >= 15 is 0 Å². The monoisotopic (exact) mass is 398 g/mol. The molecule has 2 aromatic heterocycles. The normalized spacial score (nSPS) is 12.1. The molecule has 0 aliphatic rings. The molecular formula is C18H18N6OS2. The lowest BCUT2D eigenvalue weighted by atomic mass is 10.1. The van der Waals surface area contributed by atoms with Gasteiger partial charge in [-0.1, -0.05) is 55.9 Å². The zero-order valence-corrected chi connectivity index (χ0v) is 16.6. The van der Waals surface area contributed by atoms with Gasteiger partial charge in [0.2, 0.25) is 5.16 Å². The number of nitrogens with zero attached hydrogens (tertiary/aromatic N) is 6. The molecule has 0 amide bonds. The molecule has 9 heteroatoms. The molecular weight excluding hydrogens is 380 g/mol. The van der Waals surface area contributed by atoms with E-state index in [1.54, 1.807) is 4.68 Å². The van der Waals surface area contributed by atoms with Gasteiger partial charge in [0.25, 0.3) is 0 Å². The van der Waals surface area contributed by atoms with E-state index in [9.17, 15) is 10.1 Å². The molecule has 3 aromatic rings. The Morgan fingerprint density at radius 1 is 1.33 bits per heavy atom. The standard InChI is InChI=1S/C18H18N6OS2/c1-12(2)9-24-18(21-22-23-24)27-11-16(25)14(8-19)17-20-15(10-26-17)13-6-4-3-5-7-13/h3-7,10,12,14H,9,11H2,1-2H3. The van der Waals surface area contributed by atoms with Crippen molar-refractivity contribution >= 4 is 28.9 Å². The number of Topliss-reactive ketones (excluding diaryl/α,β-unsaturated/α-hetero) is 1. The fraction of sp³-hybridized carbons (Fsp3) is 0.333. The Balaban J connectivity index is 1.68. The second-order valence-electron chi connectivity index (χ2n) is 6.29. The van der Waals surface area contributed by atoms with Gasteiger partial charge in [-0.3, -0.25) is 4.79 Å². The van der Waals surface area contributed by atoms with Crippen LogP contribution in [0.15, 0.2) is 40.9 Å². The summed E-state index contributed by atoms with van der Waals surface area (Å²) in [6, 6.07) is 11.8. The Morgan fingerprint density at radius 2 is 2.11 bits per heavy atom. The van der Waals surface area contributed by atoms with E-state index < -0.39 is 5.92 Å². The maximum absolute atomic E-state index is 12.6. The number of aromatic nitrogens is 5. The van der Waals surface area contributed by atoms with Crippen molar-refractivity contribution in [3.8, 4) is 17.3 Å². The quantitative estimate of drug-likeness (QED) is 0.536. The minimum absolute atomic E-state index is 0.122. The van der Waals surface area contributed by atoms with Crippen LogP contribution in [0, 0.1) is 17.2 Å². The van der Waals surface area contributed by atoms with Gasteiger partial charge in [-0.15, -0.1) is 16.4 Å². The third-order valence-electron chi connectivity index (χ3n) is 3.67. The second-order valence-corrected chi connectivity index (χ2v) is 8.12. The van der Waals surface area contributed by atoms with Gasteiger partial charge in [0.1, 0.15) is 5.01 Å². The molecule has 1 atom stereocenters. The number of hydrogen-bond donors (Lipinski definition) is 0. The van der Waals surface area contributed by atoms with E-state index in [2.05, 4.69) is 40.4 Å². The Kier molecular flexibility index (Phi) is 6.32. The minimum Gasteiger partial charge on any atom is -0.297 e. The second kappa shape index (κ2) is 8.88. The topological polar surface area (TPSA) is 97.4 Å². The summed E-state index contributed by atoms with van der Waals surface area (Å²) in [6.45, 7) is 4.82. The fourth-order valence-electron chi connectivity index (χ4n) is 2.41. The summed E-state index contributed by atoms with van der Waals surface area (Å²) < 4.78 is 1.68. The zero-order valence-electron chi connectivity index (χ0n) is 14.9. The molecule has 0 aliphatic carbocycles. The number of tetrazole rings is 1. The third-order valence-corrected chi connectivity index (χ3v) is 5.56. The summed E-state index contributed by atoms with van der Waals surface area (Å²) >= 11 is 2.58. The van der Waals surface area contributed by atoms with Crippen molar-refractivity contribution in [3.05, 3.63) is 40.7 Å². The van der Waals surface area contributed by atoms with Crippen molar-refractivity contribution in [2.75, 3.05) is 5.75 Å². The molecule has 138 valence electrons. The lowest BCUT2D eigenvalue weighted by Gasteiger charge is -2.07. The summed E-state index contributed by atoms with van der Waals surface area (Å²) in [4.78, 5) is 17.1. The number of thioether (sulfide) groups is 1. The molecule has 0 N–H and O–H groups in total. The fourth-order valence-corrected chi connectivity index (χ4v) is 4.09. The number of nitriles is 1. The molecule has 0 aliphatic heterocycles. The van der Waals surface area contributed by atoms with Crippen molar-refractivity contribution < 1.29 is 4.79 Å². The number of rotatable bonds is 8. The number of benzene rings is 1. The Hall–Kier alpha value is -2.57. The average Bonchev–Trinajstić information content (AvgIpc) is 3.31. The highest BCUT2D eigenvalue weighted by Crippen LogP contribution is 2.28. The SMILES string of the molecule is CC(C)Cn1nnnc1SCC(=O)C(C#N)c1nc(-c2ccccc2)cs1. The first-order valence-corrected chi connectivity index (χ1v) is 10.3. The van der Waals surface area contributed by atoms with Crippen LogP contribution in [0.2, 0.25) is 0 Å². The van der Waals surface area contributed by atoms with Crippen LogP contribution in [0.1, 0.15) is 24.8 Å². The maximum atomic E-state index is 12.6. The van der Waals surface area contributed by atoms with Gasteiger partial charge in [-0.2, -0.15) is 5.26 Å².